The monoisotopic (exact) mass is 633 g/mol. The predicted molar refractivity (Wildman–Crippen MR) is 164 cm³/mol. The number of methoxy groups -OCH3 is 1. The van der Waals surface area contributed by atoms with Crippen LogP contribution in [0.25, 0.3) is 0 Å². The van der Waals surface area contributed by atoms with Crippen LogP contribution in [0, 0.1) is 23.7 Å². The van der Waals surface area contributed by atoms with E-state index in [-0.39, 0.29) is 31.1 Å². The highest BCUT2D eigenvalue weighted by atomic mass is 28.4. The zero-order chi connectivity index (χ0) is 32.1. The number of carbonyl (C=O) groups is 3. The number of furan rings is 1. The van der Waals surface area contributed by atoms with Crippen LogP contribution in [-0.2, 0) is 30.1 Å². The van der Waals surface area contributed by atoms with Crippen molar-refractivity contribution >= 4 is 36.6 Å². The van der Waals surface area contributed by atoms with Gasteiger partial charge in [0.25, 0.3) is 8.32 Å². The van der Waals surface area contributed by atoms with Crippen molar-refractivity contribution in [1.82, 2.24) is 4.90 Å². The molecular weight excluding hydrogens is 594 g/mol. The molecule has 6 atom stereocenters. The number of likely N-dealkylation sites (tertiary alicyclic amines) is 1. The van der Waals surface area contributed by atoms with Crippen molar-refractivity contribution in [3.63, 3.8) is 0 Å². The molecular formula is C34H39NO9Si. The summed E-state index contributed by atoms with van der Waals surface area (Å²) >= 11 is 0. The summed E-state index contributed by atoms with van der Waals surface area (Å²) in [5.74, 6) is -5.88. The van der Waals surface area contributed by atoms with Gasteiger partial charge in [0.05, 0.1) is 18.9 Å². The van der Waals surface area contributed by atoms with E-state index in [4.69, 9.17) is 18.3 Å². The molecule has 11 heteroatoms. The van der Waals surface area contributed by atoms with Gasteiger partial charge in [0.2, 0.25) is 11.8 Å². The van der Waals surface area contributed by atoms with Gasteiger partial charge in [-0.15, -0.1) is 0 Å². The quantitative estimate of drug-likeness (QED) is 0.296. The van der Waals surface area contributed by atoms with E-state index in [1.807, 2.05) is 36.4 Å². The number of aliphatic hydroxyl groups is 2. The Kier molecular flexibility index (Phi) is 8.11. The molecule has 0 bridgehead atoms. The lowest BCUT2D eigenvalue weighted by atomic mass is 9.64. The second kappa shape index (κ2) is 11.6. The first kappa shape index (κ1) is 31.4. The van der Waals surface area contributed by atoms with Crippen LogP contribution in [0.1, 0.15) is 51.2 Å². The fourth-order valence-corrected chi connectivity index (χ4v) is 12.4. The summed E-state index contributed by atoms with van der Waals surface area (Å²) in [5.41, 5.74) is 0. The molecule has 0 spiro atoms. The van der Waals surface area contributed by atoms with Crippen LogP contribution in [0.4, 0.5) is 4.79 Å². The van der Waals surface area contributed by atoms with Gasteiger partial charge in [0.15, 0.2) is 5.79 Å². The molecule has 6 rings (SSSR count). The zero-order valence-corrected chi connectivity index (χ0v) is 26.8. The van der Waals surface area contributed by atoms with Crippen molar-refractivity contribution in [3.05, 3.63) is 84.3 Å². The van der Waals surface area contributed by atoms with Crippen molar-refractivity contribution < 1.29 is 42.9 Å². The van der Waals surface area contributed by atoms with Crippen LogP contribution in [0.15, 0.2) is 77.2 Å². The van der Waals surface area contributed by atoms with Gasteiger partial charge in [0.1, 0.15) is 24.2 Å². The van der Waals surface area contributed by atoms with Crippen molar-refractivity contribution in [2.45, 2.75) is 57.1 Å². The van der Waals surface area contributed by atoms with Gasteiger partial charge in [-0.3, -0.25) is 9.59 Å². The second-order valence-corrected chi connectivity index (χ2v) is 17.5. The molecule has 1 aromatic heterocycles. The van der Waals surface area contributed by atoms with Crippen molar-refractivity contribution in [2.75, 3.05) is 13.7 Å². The predicted octanol–water partition coefficient (Wildman–Crippen LogP) is 3.50. The number of aliphatic hydroxyl groups excluding tert-OH is 1. The summed E-state index contributed by atoms with van der Waals surface area (Å²) in [6.07, 6.45) is -1.55. The third-order valence-corrected chi connectivity index (χ3v) is 14.8. The molecule has 3 aromatic rings. The fraction of sp³-hybridized carbons (Fsp3) is 0.441. The topological polar surface area (TPSA) is 136 Å². The third-order valence-electron chi connectivity index (χ3n) is 9.79. The maximum atomic E-state index is 13.6. The Morgan fingerprint density at radius 3 is 2.13 bits per heavy atom. The lowest BCUT2D eigenvalue weighted by Gasteiger charge is -2.48. The van der Waals surface area contributed by atoms with Gasteiger partial charge in [0, 0.05) is 18.4 Å². The van der Waals surface area contributed by atoms with E-state index < -0.39 is 61.8 Å². The maximum Gasteiger partial charge on any atom is 0.423 e. The van der Waals surface area contributed by atoms with E-state index >= 15 is 0 Å². The Morgan fingerprint density at radius 1 is 0.978 bits per heavy atom. The molecule has 3 fully saturated rings. The molecule has 1 saturated carbocycles. The number of nitrogens with zero attached hydrogens (tertiary/aromatic N) is 1. The fourth-order valence-electron chi connectivity index (χ4n) is 7.76. The molecule has 1 aliphatic carbocycles. The number of hydrogen-bond donors (Lipinski definition) is 2. The number of hydrogen-bond acceptors (Lipinski definition) is 9. The molecule has 2 saturated heterocycles. The van der Waals surface area contributed by atoms with Crippen LogP contribution in [-0.4, -0.2) is 60.8 Å². The summed E-state index contributed by atoms with van der Waals surface area (Å²) < 4.78 is 24.1. The Morgan fingerprint density at radius 2 is 1.60 bits per heavy atom. The molecule has 3 aliphatic rings. The van der Waals surface area contributed by atoms with E-state index in [9.17, 15) is 24.6 Å². The first-order valence-electron chi connectivity index (χ1n) is 15.3. The second-order valence-electron chi connectivity index (χ2n) is 13.2. The van der Waals surface area contributed by atoms with Gasteiger partial charge in [-0.05, 0) is 40.4 Å². The molecule has 0 radical (unpaired) electrons. The van der Waals surface area contributed by atoms with Crippen LogP contribution in [0.2, 0.25) is 5.04 Å². The molecule has 3 amide bonds. The van der Waals surface area contributed by atoms with Gasteiger partial charge in [-0.2, -0.15) is 4.90 Å². The Balaban J connectivity index is 1.42. The van der Waals surface area contributed by atoms with Crippen molar-refractivity contribution in [1.29, 1.82) is 0 Å². The molecule has 0 unspecified atom stereocenters. The smallest absolute Gasteiger partial charge is 0.423 e. The Hall–Kier alpha value is -3.61. The number of rotatable bonds is 7. The highest BCUT2D eigenvalue weighted by Crippen LogP contribution is 2.58. The summed E-state index contributed by atoms with van der Waals surface area (Å²) in [7, 11) is -1.93. The SMILES string of the molecule is COC(=O)N1C(=O)[C@H]2[C@H](C[C@H](CO[Si](c3ccccc3)(c3ccccc3)C(C)(C)C)[C@@]3(O)O[C@H](c4ccc(CO)o4)C[C@@H]23)C1=O. The van der Waals surface area contributed by atoms with Crippen LogP contribution >= 0.6 is 0 Å². The molecule has 3 heterocycles. The first-order chi connectivity index (χ1) is 21.5. The lowest BCUT2D eigenvalue weighted by Crippen LogP contribution is -2.67. The first-order valence-corrected chi connectivity index (χ1v) is 17.2. The molecule has 2 aliphatic heterocycles. The number of benzene rings is 2. The van der Waals surface area contributed by atoms with E-state index in [1.54, 1.807) is 12.1 Å². The molecule has 45 heavy (non-hydrogen) atoms. The normalized spacial score (nSPS) is 28.2. The number of carbonyl (C=O) groups excluding carboxylic acids is 3. The van der Waals surface area contributed by atoms with Crippen LogP contribution in [0.5, 0.6) is 0 Å². The van der Waals surface area contributed by atoms with Crippen molar-refractivity contribution in [3.8, 4) is 0 Å². The van der Waals surface area contributed by atoms with Gasteiger partial charge < -0.3 is 28.5 Å². The van der Waals surface area contributed by atoms with E-state index in [0.29, 0.717) is 16.4 Å². The summed E-state index contributed by atoms with van der Waals surface area (Å²) in [4.78, 5) is 40.3. The zero-order valence-electron chi connectivity index (χ0n) is 25.8. The highest BCUT2D eigenvalue weighted by molar-refractivity contribution is 6.99. The largest absolute Gasteiger partial charge is 0.461 e. The molecule has 10 nitrogen and oxygen atoms in total. The standard InChI is InChI=1S/C34H39NO9Si/c1-33(2,3)45(23-11-7-5-8-12-23,24-13-9-6-10-14-24)42-20-21-17-25-29(31(38)35(30(25)37)32(39)41-4)26-18-28(44-34(21,26)40)27-16-15-22(19-36)43-27/h5-16,21,25-26,28-29,36,40H,17-20H2,1-4H3/t21-,25+,26+,28+,29+,34-/m1/s1. The van der Waals surface area contributed by atoms with Crippen molar-refractivity contribution in [2.24, 2.45) is 23.7 Å². The summed E-state index contributed by atoms with van der Waals surface area (Å²) in [5, 5.41) is 23.8. The molecule has 2 aromatic carbocycles. The van der Waals surface area contributed by atoms with E-state index in [2.05, 4.69) is 45.0 Å². The minimum Gasteiger partial charge on any atom is -0.461 e. The number of amides is 3. The minimum atomic E-state index is -3.04. The molecule has 238 valence electrons. The number of ether oxygens (including phenoxy) is 2. The van der Waals surface area contributed by atoms with Gasteiger partial charge >= 0.3 is 6.09 Å². The number of imide groups is 3. The Labute approximate surface area is 263 Å². The van der Waals surface area contributed by atoms with Crippen LogP contribution in [0.3, 0.4) is 0 Å². The average Bonchev–Trinajstić information content (AvgIpc) is 3.72. The highest BCUT2D eigenvalue weighted by Gasteiger charge is 2.68. The lowest BCUT2D eigenvalue weighted by molar-refractivity contribution is -0.274. The van der Waals surface area contributed by atoms with E-state index in [1.165, 1.54) is 0 Å². The Bertz CT molecular complexity index is 1530. The van der Waals surface area contributed by atoms with E-state index in [0.717, 1.165) is 17.5 Å². The maximum absolute atomic E-state index is 13.6. The summed E-state index contributed by atoms with van der Waals surface area (Å²) in [6, 6.07) is 23.5. The molecule has 2 N–H and O–H groups in total. The van der Waals surface area contributed by atoms with Gasteiger partial charge in [-0.1, -0.05) is 81.4 Å². The van der Waals surface area contributed by atoms with Crippen LogP contribution < -0.4 is 10.4 Å². The average molecular weight is 634 g/mol. The number of fused-ring (bicyclic) bond motifs is 3. The minimum absolute atomic E-state index is 0.0377. The van der Waals surface area contributed by atoms with Gasteiger partial charge in [-0.25, -0.2) is 4.79 Å². The third kappa shape index (κ3) is 4.97. The summed E-state index contributed by atoms with van der Waals surface area (Å²) in [6.45, 7) is 6.19.